The quantitative estimate of drug-likeness (QED) is 0.402. The van der Waals surface area contributed by atoms with Gasteiger partial charge in [-0.3, -0.25) is 4.79 Å². The van der Waals surface area contributed by atoms with E-state index < -0.39 is 22.0 Å². The Morgan fingerprint density at radius 3 is 2.41 bits per heavy atom. The molecule has 32 heavy (non-hydrogen) atoms. The first kappa shape index (κ1) is 22.9. The lowest BCUT2D eigenvalue weighted by Crippen LogP contribution is -2.39. The largest absolute Gasteiger partial charge is 0.497 e. The van der Waals surface area contributed by atoms with E-state index in [-0.39, 0.29) is 29.2 Å². The minimum Gasteiger partial charge on any atom is -0.497 e. The summed E-state index contributed by atoms with van der Waals surface area (Å²) in [7, 11) is -2.47. The fraction of sp³-hybridized carbons (Fsp3) is 0.200. The SMILES string of the molecule is COc1ccc(S(=O)(=O)NC(C)C(=O)OCc2nc(N)nc(Nc3ccccc3)n2)cc1. The number of hydrogen-bond acceptors (Lipinski definition) is 10. The summed E-state index contributed by atoms with van der Waals surface area (Å²) in [6, 6.07) is 13.8. The van der Waals surface area contributed by atoms with Crippen molar-refractivity contribution >= 4 is 33.6 Å². The molecule has 0 aliphatic heterocycles. The van der Waals surface area contributed by atoms with E-state index in [1.807, 2.05) is 30.3 Å². The van der Waals surface area contributed by atoms with E-state index in [0.29, 0.717) is 5.75 Å². The Bertz CT molecular complexity index is 1170. The van der Waals surface area contributed by atoms with Crippen molar-refractivity contribution in [3.05, 3.63) is 60.4 Å². The lowest BCUT2D eigenvalue weighted by molar-refractivity contribution is -0.146. The molecule has 2 aromatic carbocycles. The molecular weight excluding hydrogens is 436 g/mol. The number of carbonyl (C=O) groups is 1. The highest BCUT2D eigenvalue weighted by Crippen LogP contribution is 2.16. The molecule has 1 heterocycles. The first-order valence-corrected chi connectivity index (χ1v) is 10.9. The molecule has 0 fully saturated rings. The van der Waals surface area contributed by atoms with Crippen LogP contribution in [0, 0.1) is 0 Å². The molecule has 4 N–H and O–H groups in total. The molecule has 12 heteroatoms. The third-order valence-corrected chi connectivity index (χ3v) is 5.68. The highest BCUT2D eigenvalue weighted by atomic mass is 32.2. The van der Waals surface area contributed by atoms with Crippen LogP contribution in [-0.2, 0) is 26.2 Å². The zero-order chi connectivity index (χ0) is 23.1. The lowest BCUT2D eigenvalue weighted by Gasteiger charge is -2.14. The molecule has 11 nitrogen and oxygen atoms in total. The number of para-hydroxylation sites is 1. The maximum absolute atomic E-state index is 12.5. The molecule has 0 spiro atoms. The van der Waals surface area contributed by atoms with E-state index in [0.717, 1.165) is 5.69 Å². The summed E-state index contributed by atoms with van der Waals surface area (Å²) in [4.78, 5) is 24.4. The Kier molecular flexibility index (Phi) is 7.18. The molecule has 0 amide bonds. The molecule has 0 aliphatic carbocycles. The smallest absolute Gasteiger partial charge is 0.324 e. The fourth-order valence-corrected chi connectivity index (χ4v) is 3.77. The van der Waals surface area contributed by atoms with Gasteiger partial charge in [-0.05, 0) is 43.3 Å². The van der Waals surface area contributed by atoms with Crippen molar-refractivity contribution in [3.8, 4) is 5.75 Å². The number of carbonyl (C=O) groups excluding carboxylic acids is 1. The van der Waals surface area contributed by atoms with Crippen molar-refractivity contribution in [2.75, 3.05) is 18.2 Å². The minimum absolute atomic E-state index is 0.0141. The van der Waals surface area contributed by atoms with E-state index in [1.54, 1.807) is 0 Å². The topological polar surface area (TPSA) is 158 Å². The number of anilines is 3. The number of benzene rings is 2. The minimum atomic E-state index is -3.94. The molecule has 1 aromatic heterocycles. The number of nitrogens with one attached hydrogen (secondary N) is 2. The fourth-order valence-electron chi connectivity index (χ4n) is 2.57. The third-order valence-electron chi connectivity index (χ3n) is 4.13. The van der Waals surface area contributed by atoms with Gasteiger partial charge in [-0.25, -0.2) is 8.42 Å². The van der Waals surface area contributed by atoms with Gasteiger partial charge in [0.25, 0.3) is 0 Å². The summed E-state index contributed by atoms with van der Waals surface area (Å²) in [6.07, 6.45) is 0. The van der Waals surface area contributed by atoms with E-state index in [1.165, 1.54) is 38.3 Å². The number of methoxy groups -OCH3 is 1. The summed E-state index contributed by atoms with van der Waals surface area (Å²) in [5.74, 6) is -0.0666. The van der Waals surface area contributed by atoms with Gasteiger partial charge in [-0.2, -0.15) is 19.7 Å². The van der Waals surface area contributed by atoms with Crippen molar-refractivity contribution in [2.24, 2.45) is 0 Å². The number of sulfonamides is 1. The average Bonchev–Trinajstić information content (AvgIpc) is 2.77. The number of nitrogens with two attached hydrogens (primary N) is 1. The van der Waals surface area contributed by atoms with E-state index in [4.69, 9.17) is 15.2 Å². The molecule has 3 aromatic rings. The summed E-state index contributed by atoms with van der Waals surface area (Å²) < 4.78 is 37.4. The number of hydrogen-bond donors (Lipinski definition) is 3. The molecule has 1 unspecified atom stereocenters. The molecule has 1 atom stereocenters. The van der Waals surface area contributed by atoms with Crippen LogP contribution in [0.4, 0.5) is 17.6 Å². The van der Waals surface area contributed by atoms with Gasteiger partial charge in [0.15, 0.2) is 12.4 Å². The second-order valence-corrected chi connectivity index (χ2v) is 8.26. The van der Waals surface area contributed by atoms with Crippen LogP contribution in [0.2, 0.25) is 0 Å². The molecule has 0 radical (unpaired) electrons. The Labute approximate surface area is 185 Å². The van der Waals surface area contributed by atoms with Crippen molar-refractivity contribution in [2.45, 2.75) is 24.5 Å². The van der Waals surface area contributed by atoms with Crippen LogP contribution >= 0.6 is 0 Å². The van der Waals surface area contributed by atoms with Crippen molar-refractivity contribution in [1.82, 2.24) is 19.7 Å². The van der Waals surface area contributed by atoms with Crippen LogP contribution in [0.15, 0.2) is 59.5 Å². The molecule has 3 rings (SSSR count). The zero-order valence-electron chi connectivity index (χ0n) is 17.3. The molecule has 0 bridgehead atoms. The van der Waals surface area contributed by atoms with Crippen LogP contribution < -0.4 is 20.5 Å². The Morgan fingerprint density at radius 1 is 1.06 bits per heavy atom. The Balaban J connectivity index is 1.60. The average molecular weight is 459 g/mol. The number of aromatic nitrogens is 3. The van der Waals surface area contributed by atoms with Crippen LogP contribution in [0.25, 0.3) is 0 Å². The van der Waals surface area contributed by atoms with Gasteiger partial charge in [0.2, 0.25) is 21.9 Å². The second-order valence-electron chi connectivity index (χ2n) is 6.55. The summed E-state index contributed by atoms with van der Waals surface area (Å²) in [5, 5.41) is 2.97. The highest BCUT2D eigenvalue weighted by molar-refractivity contribution is 7.89. The molecule has 0 aliphatic rings. The van der Waals surface area contributed by atoms with Crippen LogP contribution in [0.1, 0.15) is 12.7 Å². The number of rotatable bonds is 9. The molecule has 0 saturated carbocycles. The number of ether oxygens (including phenoxy) is 2. The summed E-state index contributed by atoms with van der Waals surface area (Å²) >= 11 is 0. The molecular formula is C20H22N6O5S. The normalized spacial score (nSPS) is 12.1. The van der Waals surface area contributed by atoms with Crippen LogP contribution in [0.5, 0.6) is 5.75 Å². The molecule has 168 valence electrons. The van der Waals surface area contributed by atoms with Gasteiger partial charge < -0.3 is 20.5 Å². The Morgan fingerprint density at radius 2 is 1.75 bits per heavy atom. The van der Waals surface area contributed by atoms with Crippen molar-refractivity contribution < 1.29 is 22.7 Å². The zero-order valence-corrected chi connectivity index (χ0v) is 18.2. The van der Waals surface area contributed by atoms with Gasteiger partial charge in [-0.15, -0.1) is 0 Å². The number of nitrogens with zero attached hydrogens (tertiary/aromatic N) is 3. The summed E-state index contributed by atoms with van der Waals surface area (Å²) in [5.41, 5.74) is 6.44. The Hall–Kier alpha value is -3.77. The van der Waals surface area contributed by atoms with Gasteiger partial charge in [0.05, 0.1) is 12.0 Å². The van der Waals surface area contributed by atoms with E-state index in [2.05, 4.69) is 25.0 Å². The first-order valence-electron chi connectivity index (χ1n) is 9.42. The third kappa shape index (κ3) is 6.12. The van der Waals surface area contributed by atoms with Crippen molar-refractivity contribution in [3.63, 3.8) is 0 Å². The first-order chi connectivity index (χ1) is 15.3. The highest BCUT2D eigenvalue weighted by Gasteiger charge is 2.23. The standard InChI is InChI=1S/C20H22N6O5S/c1-13(26-32(28,29)16-10-8-15(30-2)9-11-16)18(27)31-12-17-23-19(21)25-20(24-17)22-14-6-4-3-5-7-14/h3-11,13,26H,12H2,1-2H3,(H3,21,22,23,24,25). The summed E-state index contributed by atoms with van der Waals surface area (Å²) in [6.45, 7) is 1.05. The van der Waals surface area contributed by atoms with E-state index >= 15 is 0 Å². The van der Waals surface area contributed by atoms with Gasteiger partial charge in [-0.1, -0.05) is 18.2 Å². The number of esters is 1. The maximum atomic E-state index is 12.5. The molecule has 0 saturated heterocycles. The number of nitrogen functional groups attached to an aromatic ring is 1. The van der Waals surface area contributed by atoms with Gasteiger partial charge >= 0.3 is 5.97 Å². The predicted molar refractivity (Wildman–Crippen MR) is 117 cm³/mol. The van der Waals surface area contributed by atoms with Crippen LogP contribution in [0.3, 0.4) is 0 Å². The maximum Gasteiger partial charge on any atom is 0.324 e. The van der Waals surface area contributed by atoms with Gasteiger partial charge in [0, 0.05) is 5.69 Å². The van der Waals surface area contributed by atoms with Gasteiger partial charge in [0.1, 0.15) is 11.8 Å². The monoisotopic (exact) mass is 458 g/mol. The van der Waals surface area contributed by atoms with Crippen molar-refractivity contribution in [1.29, 1.82) is 0 Å². The second kappa shape index (κ2) is 10.0. The van der Waals surface area contributed by atoms with Crippen LogP contribution in [-0.4, -0.2) is 42.5 Å². The van der Waals surface area contributed by atoms with E-state index in [9.17, 15) is 13.2 Å². The predicted octanol–water partition coefficient (Wildman–Crippen LogP) is 1.62. The lowest BCUT2D eigenvalue weighted by atomic mass is 10.3.